The largest absolute Gasteiger partial charge is 0.487 e. The average Bonchev–Trinajstić information content (AvgIpc) is 2.57. The number of nitrogens with zero attached hydrogens (tertiary/aromatic N) is 2. The van der Waals surface area contributed by atoms with Gasteiger partial charge in [0.05, 0.1) is 18.3 Å². The fourth-order valence-corrected chi connectivity index (χ4v) is 3.16. The summed E-state index contributed by atoms with van der Waals surface area (Å²) in [6.45, 7) is 6.86. The molecule has 1 aliphatic rings. The van der Waals surface area contributed by atoms with Crippen LogP contribution in [0.15, 0.2) is 47.5 Å². The van der Waals surface area contributed by atoms with Crippen molar-refractivity contribution in [2.24, 2.45) is 4.99 Å². The lowest BCUT2D eigenvalue weighted by Gasteiger charge is -2.38. The molecule has 1 atom stereocenters. The Labute approximate surface area is 172 Å². The number of hydrogen-bond acceptors (Lipinski definition) is 3. The van der Waals surface area contributed by atoms with Crippen molar-refractivity contribution in [1.82, 2.24) is 15.6 Å². The van der Waals surface area contributed by atoms with Crippen molar-refractivity contribution in [1.29, 1.82) is 0 Å². The summed E-state index contributed by atoms with van der Waals surface area (Å²) in [5.41, 5.74) is 2.96. The zero-order valence-corrected chi connectivity index (χ0v) is 18.1. The Balaban J connectivity index is 0.00000243. The molecule has 0 fully saturated rings. The number of para-hydroxylation sites is 1. The first kappa shape index (κ1) is 20.5. The van der Waals surface area contributed by atoms with E-state index in [1.54, 1.807) is 7.05 Å². The third kappa shape index (κ3) is 5.09. The summed E-state index contributed by atoms with van der Waals surface area (Å²) in [4.78, 5) is 8.89. The number of aliphatic imine (C=N–C) groups is 1. The number of aromatic nitrogens is 1. The Morgan fingerprint density at radius 3 is 2.73 bits per heavy atom. The first-order valence-corrected chi connectivity index (χ1v) is 8.64. The zero-order valence-electron chi connectivity index (χ0n) is 15.7. The highest BCUT2D eigenvalue weighted by atomic mass is 127. The van der Waals surface area contributed by atoms with E-state index in [0.29, 0.717) is 6.54 Å². The molecule has 3 rings (SSSR count). The van der Waals surface area contributed by atoms with Crippen LogP contribution < -0.4 is 15.4 Å². The monoisotopic (exact) mass is 466 g/mol. The molecule has 26 heavy (non-hydrogen) atoms. The van der Waals surface area contributed by atoms with E-state index in [0.717, 1.165) is 29.5 Å². The minimum absolute atomic E-state index is 0. The molecule has 1 aromatic heterocycles. The van der Waals surface area contributed by atoms with E-state index in [9.17, 15) is 0 Å². The zero-order chi connectivity index (χ0) is 17.9. The summed E-state index contributed by atoms with van der Waals surface area (Å²) in [6, 6.07) is 14.4. The van der Waals surface area contributed by atoms with Crippen LogP contribution in [0.25, 0.3) is 0 Å². The van der Waals surface area contributed by atoms with Crippen molar-refractivity contribution in [3.63, 3.8) is 0 Å². The van der Waals surface area contributed by atoms with Gasteiger partial charge >= 0.3 is 0 Å². The fraction of sp³-hybridized carbons (Fsp3) is 0.400. The molecule has 1 unspecified atom stereocenters. The predicted octanol–water partition coefficient (Wildman–Crippen LogP) is 3.98. The molecule has 0 saturated heterocycles. The number of guanidine groups is 1. The minimum Gasteiger partial charge on any atom is -0.487 e. The van der Waals surface area contributed by atoms with Gasteiger partial charge in [-0.2, -0.15) is 0 Å². The highest BCUT2D eigenvalue weighted by Gasteiger charge is 2.33. The molecular formula is C20H27IN4O. The summed E-state index contributed by atoms with van der Waals surface area (Å²) in [5.74, 6) is 1.70. The van der Waals surface area contributed by atoms with E-state index in [1.807, 2.05) is 43.3 Å². The highest BCUT2D eigenvalue weighted by molar-refractivity contribution is 14.0. The Hall–Kier alpha value is -1.83. The number of nitrogens with one attached hydrogen (secondary N) is 2. The van der Waals surface area contributed by atoms with Crippen molar-refractivity contribution in [3.8, 4) is 5.75 Å². The van der Waals surface area contributed by atoms with E-state index in [1.165, 1.54) is 5.56 Å². The van der Waals surface area contributed by atoms with Gasteiger partial charge in [0.15, 0.2) is 5.96 Å². The van der Waals surface area contributed by atoms with Gasteiger partial charge in [-0.1, -0.05) is 24.3 Å². The molecular weight excluding hydrogens is 439 g/mol. The van der Waals surface area contributed by atoms with Crippen LogP contribution in [0, 0.1) is 6.92 Å². The van der Waals surface area contributed by atoms with Gasteiger partial charge in [0.2, 0.25) is 0 Å². The highest BCUT2D eigenvalue weighted by Crippen LogP contribution is 2.39. The molecule has 0 bridgehead atoms. The molecule has 0 aliphatic carbocycles. The first-order valence-electron chi connectivity index (χ1n) is 8.64. The van der Waals surface area contributed by atoms with Crippen LogP contribution in [0.2, 0.25) is 0 Å². The van der Waals surface area contributed by atoms with Crippen molar-refractivity contribution >= 4 is 29.9 Å². The summed E-state index contributed by atoms with van der Waals surface area (Å²) in [7, 11) is 1.79. The summed E-state index contributed by atoms with van der Waals surface area (Å²) >= 11 is 0. The molecule has 1 aromatic carbocycles. The van der Waals surface area contributed by atoms with Crippen molar-refractivity contribution in [2.45, 2.75) is 45.4 Å². The molecule has 2 heterocycles. The molecule has 140 valence electrons. The maximum Gasteiger partial charge on any atom is 0.191 e. The molecule has 6 heteroatoms. The molecule has 0 saturated carbocycles. The SMILES string of the molecule is CN=C(NCc1cccc(C)n1)NC1CC(C)(C)Oc2ccccc21.I. The maximum atomic E-state index is 6.10. The van der Waals surface area contributed by atoms with E-state index in [4.69, 9.17) is 4.74 Å². The molecule has 0 spiro atoms. The number of fused-ring (bicyclic) bond motifs is 1. The average molecular weight is 466 g/mol. The van der Waals surface area contributed by atoms with Gasteiger partial charge in [-0.05, 0) is 39.0 Å². The lowest BCUT2D eigenvalue weighted by Crippen LogP contribution is -2.45. The van der Waals surface area contributed by atoms with E-state index in [2.05, 4.69) is 40.5 Å². The standard InChI is InChI=1S/C20H26N4O.HI/c1-14-8-7-9-15(23-14)13-22-19(21-4)24-17-12-20(2,3)25-18-11-6-5-10-16(17)18;/h5-11,17H,12-13H2,1-4H3,(H2,21,22,24);1H. The van der Waals surface area contributed by atoms with Gasteiger partial charge in [0.1, 0.15) is 11.4 Å². The topological polar surface area (TPSA) is 58.5 Å². The third-order valence-electron chi connectivity index (χ3n) is 4.29. The normalized spacial score (nSPS) is 18.2. The molecule has 0 amide bonds. The van der Waals surface area contributed by atoms with Crippen LogP contribution in [0.5, 0.6) is 5.75 Å². The predicted molar refractivity (Wildman–Crippen MR) is 116 cm³/mol. The second-order valence-electron chi connectivity index (χ2n) is 7.00. The van der Waals surface area contributed by atoms with E-state index in [-0.39, 0.29) is 35.6 Å². The molecule has 5 nitrogen and oxygen atoms in total. The second kappa shape index (κ2) is 8.70. The number of benzene rings is 1. The second-order valence-corrected chi connectivity index (χ2v) is 7.00. The number of aryl methyl sites for hydroxylation is 1. The van der Waals surface area contributed by atoms with E-state index >= 15 is 0 Å². The van der Waals surface area contributed by atoms with Gasteiger partial charge in [-0.25, -0.2) is 0 Å². The number of ether oxygens (including phenoxy) is 1. The summed E-state index contributed by atoms with van der Waals surface area (Å²) in [6.07, 6.45) is 0.868. The minimum atomic E-state index is -0.219. The lowest BCUT2D eigenvalue weighted by molar-refractivity contribution is 0.0694. The van der Waals surface area contributed by atoms with Gasteiger partial charge in [-0.3, -0.25) is 9.98 Å². The molecule has 2 aromatic rings. The van der Waals surface area contributed by atoms with Gasteiger partial charge in [0, 0.05) is 24.7 Å². The van der Waals surface area contributed by atoms with Crippen LogP contribution in [0.4, 0.5) is 0 Å². The van der Waals surface area contributed by atoms with Crippen LogP contribution in [-0.2, 0) is 6.54 Å². The number of halogens is 1. The van der Waals surface area contributed by atoms with Crippen molar-refractivity contribution in [3.05, 3.63) is 59.4 Å². The van der Waals surface area contributed by atoms with Gasteiger partial charge in [-0.15, -0.1) is 24.0 Å². The van der Waals surface area contributed by atoms with Crippen LogP contribution in [0.1, 0.15) is 43.3 Å². The molecule has 0 radical (unpaired) electrons. The maximum absolute atomic E-state index is 6.10. The Morgan fingerprint density at radius 1 is 1.23 bits per heavy atom. The Kier molecular flexibility index (Phi) is 6.86. The summed E-state index contributed by atoms with van der Waals surface area (Å²) in [5, 5.41) is 6.89. The Morgan fingerprint density at radius 2 is 2.00 bits per heavy atom. The smallest absolute Gasteiger partial charge is 0.191 e. The molecule has 1 aliphatic heterocycles. The fourth-order valence-electron chi connectivity index (χ4n) is 3.16. The molecule has 2 N–H and O–H groups in total. The van der Waals surface area contributed by atoms with Crippen LogP contribution >= 0.6 is 24.0 Å². The number of hydrogen-bond donors (Lipinski definition) is 2. The summed E-state index contributed by atoms with van der Waals surface area (Å²) < 4.78 is 6.10. The first-order chi connectivity index (χ1) is 12.0. The lowest BCUT2D eigenvalue weighted by atomic mass is 9.90. The van der Waals surface area contributed by atoms with Crippen LogP contribution in [-0.4, -0.2) is 23.6 Å². The van der Waals surface area contributed by atoms with Gasteiger partial charge in [0.25, 0.3) is 0 Å². The quantitative estimate of drug-likeness (QED) is 0.408. The Bertz CT molecular complexity index is 776. The van der Waals surface area contributed by atoms with E-state index < -0.39 is 0 Å². The van der Waals surface area contributed by atoms with Crippen LogP contribution in [0.3, 0.4) is 0 Å². The van der Waals surface area contributed by atoms with Crippen molar-refractivity contribution in [2.75, 3.05) is 7.05 Å². The number of rotatable bonds is 3. The third-order valence-corrected chi connectivity index (χ3v) is 4.29. The van der Waals surface area contributed by atoms with Gasteiger partial charge < -0.3 is 15.4 Å². The van der Waals surface area contributed by atoms with Crippen molar-refractivity contribution < 1.29 is 4.74 Å². The number of pyridine rings is 1.